The SMILES string of the molecule is CC(=O)Cn1c(C(=O)NC[C@@H]2COCCO2)nc(NC(=O)c2nsc3ccc(F)cc23)c1C(C)(C)c1cc(F)ccc1Cl. The number of amides is 2. The van der Waals surface area contributed by atoms with Crippen LogP contribution < -0.4 is 10.6 Å². The van der Waals surface area contributed by atoms with Crippen molar-refractivity contribution < 1.29 is 32.6 Å². The molecule has 5 rings (SSSR count). The average Bonchev–Trinajstić information content (AvgIpc) is 3.54. The van der Waals surface area contributed by atoms with E-state index in [0.717, 1.165) is 11.5 Å². The molecule has 0 saturated carbocycles. The minimum absolute atomic E-state index is 0.0476. The van der Waals surface area contributed by atoms with E-state index in [2.05, 4.69) is 20.0 Å². The van der Waals surface area contributed by atoms with Crippen LogP contribution >= 0.6 is 23.1 Å². The number of ketones is 1. The van der Waals surface area contributed by atoms with Crippen molar-refractivity contribution in [3.63, 3.8) is 0 Å². The molecule has 43 heavy (non-hydrogen) atoms. The van der Waals surface area contributed by atoms with Crippen molar-refractivity contribution in [2.75, 3.05) is 31.7 Å². The molecule has 10 nitrogen and oxygen atoms in total. The van der Waals surface area contributed by atoms with Crippen LogP contribution in [0.3, 0.4) is 0 Å². The van der Waals surface area contributed by atoms with Gasteiger partial charge in [-0.15, -0.1) is 0 Å². The van der Waals surface area contributed by atoms with Gasteiger partial charge in [-0.1, -0.05) is 25.4 Å². The van der Waals surface area contributed by atoms with Crippen LogP contribution in [0.5, 0.6) is 0 Å². The predicted octanol–water partition coefficient (Wildman–Crippen LogP) is 4.74. The number of benzene rings is 2. The van der Waals surface area contributed by atoms with Crippen molar-refractivity contribution in [2.45, 2.75) is 38.8 Å². The first-order valence-electron chi connectivity index (χ1n) is 13.4. The van der Waals surface area contributed by atoms with Crippen molar-refractivity contribution in [3.05, 3.63) is 75.8 Å². The number of ether oxygens (including phenoxy) is 2. The van der Waals surface area contributed by atoms with Crippen LogP contribution in [0.25, 0.3) is 10.1 Å². The Kier molecular flexibility index (Phi) is 8.88. The summed E-state index contributed by atoms with van der Waals surface area (Å²) < 4.78 is 45.7. The van der Waals surface area contributed by atoms with Gasteiger partial charge in [-0.2, -0.15) is 4.37 Å². The second-order valence-corrected chi connectivity index (χ2v) is 11.8. The van der Waals surface area contributed by atoms with Gasteiger partial charge in [0.1, 0.15) is 23.1 Å². The molecule has 0 unspecified atom stereocenters. The van der Waals surface area contributed by atoms with E-state index in [1.807, 2.05) is 0 Å². The summed E-state index contributed by atoms with van der Waals surface area (Å²) in [7, 11) is 0. The van der Waals surface area contributed by atoms with Gasteiger partial charge < -0.3 is 24.7 Å². The van der Waals surface area contributed by atoms with E-state index in [9.17, 15) is 23.2 Å². The molecule has 1 saturated heterocycles. The molecule has 0 radical (unpaired) electrons. The molecule has 1 aliphatic heterocycles. The fourth-order valence-electron chi connectivity index (χ4n) is 5.01. The lowest BCUT2D eigenvalue weighted by molar-refractivity contribution is -0.117. The number of rotatable bonds is 9. The highest BCUT2D eigenvalue weighted by atomic mass is 35.5. The quantitative estimate of drug-likeness (QED) is 0.274. The molecule has 3 heterocycles. The van der Waals surface area contributed by atoms with E-state index in [-0.39, 0.29) is 53.0 Å². The predicted molar refractivity (Wildman–Crippen MR) is 157 cm³/mol. The molecule has 1 fully saturated rings. The van der Waals surface area contributed by atoms with E-state index in [1.54, 1.807) is 13.8 Å². The summed E-state index contributed by atoms with van der Waals surface area (Å²) in [6, 6.07) is 7.84. The van der Waals surface area contributed by atoms with E-state index < -0.39 is 28.9 Å². The Balaban J connectivity index is 1.62. The highest BCUT2D eigenvalue weighted by molar-refractivity contribution is 7.13. The zero-order valence-corrected chi connectivity index (χ0v) is 25.1. The zero-order valence-electron chi connectivity index (χ0n) is 23.5. The summed E-state index contributed by atoms with van der Waals surface area (Å²) in [5.74, 6) is -3.01. The maximum Gasteiger partial charge on any atom is 0.287 e. The topological polar surface area (TPSA) is 124 Å². The van der Waals surface area contributed by atoms with Crippen LogP contribution in [-0.2, 0) is 26.2 Å². The molecule has 226 valence electrons. The summed E-state index contributed by atoms with van der Waals surface area (Å²) in [5.41, 5.74) is -0.695. The van der Waals surface area contributed by atoms with Crippen molar-refractivity contribution in [3.8, 4) is 0 Å². The van der Waals surface area contributed by atoms with Gasteiger partial charge in [-0.3, -0.25) is 14.4 Å². The molecule has 1 atom stereocenters. The average molecular weight is 632 g/mol. The van der Waals surface area contributed by atoms with Crippen molar-refractivity contribution in [1.82, 2.24) is 19.2 Å². The summed E-state index contributed by atoms with van der Waals surface area (Å²) in [5, 5.41) is 5.98. The smallest absolute Gasteiger partial charge is 0.287 e. The Hall–Kier alpha value is -3.78. The number of imidazole rings is 1. The van der Waals surface area contributed by atoms with Crippen molar-refractivity contribution >= 4 is 56.6 Å². The Labute approximate surface area is 254 Å². The molecule has 1 aliphatic rings. The maximum absolute atomic E-state index is 14.5. The Morgan fingerprint density at radius 1 is 1.12 bits per heavy atom. The fraction of sp³-hybridized carbons (Fsp3) is 0.345. The first kappa shape index (κ1) is 30.7. The number of aromatic nitrogens is 3. The summed E-state index contributed by atoms with van der Waals surface area (Å²) in [4.78, 5) is 44.0. The van der Waals surface area contributed by atoms with E-state index in [1.165, 1.54) is 47.9 Å². The fourth-order valence-corrected chi connectivity index (χ4v) is 6.12. The summed E-state index contributed by atoms with van der Waals surface area (Å²) >= 11 is 7.53. The number of nitrogens with zero attached hydrogens (tertiary/aromatic N) is 3. The minimum atomic E-state index is -1.20. The molecule has 2 aromatic heterocycles. The Morgan fingerprint density at radius 2 is 1.86 bits per heavy atom. The van der Waals surface area contributed by atoms with Crippen molar-refractivity contribution in [1.29, 1.82) is 0 Å². The molecule has 14 heteroatoms. The minimum Gasteiger partial charge on any atom is -0.376 e. The number of Topliss-reactive ketones (excluding diaryl/α,β-unsaturated/α-hetero) is 1. The lowest BCUT2D eigenvalue weighted by Crippen LogP contribution is -2.40. The lowest BCUT2D eigenvalue weighted by Gasteiger charge is -2.29. The van der Waals surface area contributed by atoms with Gasteiger partial charge in [0, 0.05) is 22.4 Å². The lowest BCUT2D eigenvalue weighted by atomic mass is 9.80. The number of carbonyl (C=O) groups is 3. The van der Waals surface area contributed by atoms with Crippen LogP contribution in [-0.4, -0.2) is 64.0 Å². The van der Waals surface area contributed by atoms with Gasteiger partial charge in [0.2, 0.25) is 5.82 Å². The van der Waals surface area contributed by atoms with Gasteiger partial charge in [-0.05, 0) is 60.4 Å². The standard InChI is InChI=1S/C29H28ClF2N5O5S/c1-15(38)13-37-24(29(2,3)20-11-17(32)4-6-21(20)30)25(34-26(37)28(40)33-12-18-14-41-8-9-42-18)35-27(39)23-19-10-16(31)5-7-22(19)43-36-23/h4-7,10-11,18H,8-9,12-14H2,1-3H3,(H,33,40)(H,35,39)/t18-/m1/s1. The van der Waals surface area contributed by atoms with Crippen LogP contribution in [0.2, 0.25) is 5.02 Å². The second-order valence-electron chi connectivity index (χ2n) is 10.6. The van der Waals surface area contributed by atoms with Gasteiger partial charge >= 0.3 is 0 Å². The van der Waals surface area contributed by atoms with Crippen LogP contribution in [0.15, 0.2) is 36.4 Å². The number of carbonyl (C=O) groups excluding carboxylic acids is 3. The van der Waals surface area contributed by atoms with Gasteiger partial charge in [-0.25, -0.2) is 13.8 Å². The number of nitrogens with one attached hydrogen (secondary N) is 2. The zero-order chi connectivity index (χ0) is 30.9. The second kappa shape index (κ2) is 12.4. The van der Waals surface area contributed by atoms with Crippen molar-refractivity contribution in [2.24, 2.45) is 0 Å². The van der Waals surface area contributed by atoms with E-state index in [0.29, 0.717) is 35.5 Å². The Bertz CT molecular complexity index is 1720. The largest absolute Gasteiger partial charge is 0.376 e. The molecular formula is C29H28ClF2N5O5S. The molecule has 2 amide bonds. The number of anilines is 1. The van der Waals surface area contributed by atoms with E-state index in [4.69, 9.17) is 21.1 Å². The third kappa shape index (κ3) is 6.44. The van der Waals surface area contributed by atoms with Crippen LogP contribution in [0, 0.1) is 11.6 Å². The number of fused-ring (bicyclic) bond motifs is 1. The number of hydrogen-bond donors (Lipinski definition) is 2. The highest BCUT2D eigenvalue weighted by Gasteiger charge is 2.37. The maximum atomic E-state index is 14.5. The highest BCUT2D eigenvalue weighted by Crippen LogP contribution is 2.40. The monoisotopic (exact) mass is 631 g/mol. The number of halogens is 3. The third-order valence-electron chi connectivity index (χ3n) is 7.00. The van der Waals surface area contributed by atoms with Gasteiger partial charge in [0.05, 0.1) is 42.9 Å². The van der Waals surface area contributed by atoms with Crippen LogP contribution in [0.4, 0.5) is 14.6 Å². The first-order valence-corrected chi connectivity index (χ1v) is 14.5. The first-order chi connectivity index (χ1) is 20.5. The third-order valence-corrected chi connectivity index (χ3v) is 8.16. The van der Waals surface area contributed by atoms with Gasteiger partial charge in [0.15, 0.2) is 5.82 Å². The van der Waals surface area contributed by atoms with E-state index >= 15 is 0 Å². The molecule has 4 aromatic rings. The normalized spacial score (nSPS) is 15.4. The number of hydrogen-bond acceptors (Lipinski definition) is 8. The molecule has 2 N–H and O–H groups in total. The molecule has 0 aliphatic carbocycles. The molecule has 0 spiro atoms. The summed E-state index contributed by atoms with van der Waals surface area (Å²) in [6.45, 7) is 5.72. The Morgan fingerprint density at radius 3 is 2.58 bits per heavy atom. The molecule has 0 bridgehead atoms. The molecular weight excluding hydrogens is 604 g/mol. The van der Waals surface area contributed by atoms with Gasteiger partial charge in [0.25, 0.3) is 11.8 Å². The summed E-state index contributed by atoms with van der Waals surface area (Å²) in [6.07, 6.45) is -0.381. The van der Waals surface area contributed by atoms with Crippen LogP contribution in [0.1, 0.15) is 53.1 Å². The molecule has 2 aromatic carbocycles.